The van der Waals surface area contributed by atoms with Crippen molar-refractivity contribution < 1.29 is 18.3 Å². The fourth-order valence-electron chi connectivity index (χ4n) is 2.90. The van der Waals surface area contributed by atoms with E-state index in [1.54, 1.807) is 13.0 Å². The van der Waals surface area contributed by atoms with E-state index in [1.807, 2.05) is 11.8 Å². The smallest absolute Gasteiger partial charge is 0.393 e. The minimum Gasteiger partial charge on any atom is -0.393 e. The van der Waals surface area contributed by atoms with Crippen LogP contribution < -0.4 is 4.90 Å². The highest BCUT2D eigenvalue weighted by atomic mass is 19.4. The lowest BCUT2D eigenvalue weighted by Gasteiger charge is -2.27. The van der Waals surface area contributed by atoms with Gasteiger partial charge in [0.25, 0.3) is 0 Å². The zero-order valence-corrected chi connectivity index (χ0v) is 11.0. The summed E-state index contributed by atoms with van der Waals surface area (Å²) in [5.74, 6) is 0. The van der Waals surface area contributed by atoms with Gasteiger partial charge in [-0.2, -0.15) is 13.2 Å². The van der Waals surface area contributed by atoms with Gasteiger partial charge in [-0.1, -0.05) is 6.07 Å². The molecule has 0 saturated carbocycles. The molecule has 0 amide bonds. The lowest BCUT2D eigenvalue weighted by molar-refractivity contribution is -0.138. The summed E-state index contributed by atoms with van der Waals surface area (Å²) in [6, 6.07) is 4.27. The number of likely N-dealkylation sites (N-methyl/N-ethyl adjacent to an activating group) is 1. The maximum Gasteiger partial charge on any atom is 0.416 e. The molecular weight excluding hydrogens is 255 g/mol. The standard InChI is InChI=1S/C14H18F3NO/c1-3-18-10(7-9(2)19)8-11-12(14(15,16)17)5-4-6-13(11)18/h4-6,9-10,19H,3,7-8H2,1-2H3. The fourth-order valence-corrected chi connectivity index (χ4v) is 2.90. The third kappa shape index (κ3) is 2.71. The summed E-state index contributed by atoms with van der Waals surface area (Å²) in [5.41, 5.74) is 0.474. The van der Waals surface area contributed by atoms with Gasteiger partial charge in [0.15, 0.2) is 0 Å². The molecule has 2 atom stereocenters. The zero-order chi connectivity index (χ0) is 14.2. The lowest BCUT2D eigenvalue weighted by Crippen LogP contribution is -2.34. The summed E-state index contributed by atoms with van der Waals surface area (Å²) in [7, 11) is 0. The highest BCUT2D eigenvalue weighted by molar-refractivity contribution is 5.62. The van der Waals surface area contributed by atoms with Gasteiger partial charge in [-0.05, 0) is 44.4 Å². The van der Waals surface area contributed by atoms with E-state index >= 15 is 0 Å². The second-order valence-corrected chi connectivity index (χ2v) is 5.03. The van der Waals surface area contributed by atoms with E-state index in [-0.39, 0.29) is 6.04 Å². The molecule has 1 aliphatic heterocycles. The van der Waals surface area contributed by atoms with E-state index in [2.05, 4.69) is 0 Å². The fraction of sp³-hybridized carbons (Fsp3) is 0.571. The molecule has 1 N–H and O–H groups in total. The van der Waals surface area contributed by atoms with Crippen molar-refractivity contribution in [1.82, 2.24) is 0 Å². The summed E-state index contributed by atoms with van der Waals surface area (Å²) < 4.78 is 39.0. The number of hydrogen-bond acceptors (Lipinski definition) is 2. The zero-order valence-electron chi connectivity index (χ0n) is 11.0. The van der Waals surface area contributed by atoms with E-state index in [1.165, 1.54) is 6.07 Å². The summed E-state index contributed by atoms with van der Waals surface area (Å²) in [4.78, 5) is 1.96. The van der Waals surface area contributed by atoms with Crippen LogP contribution in [0, 0.1) is 0 Å². The maximum atomic E-state index is 13.0. The molecule has 2 unspecified atom stereocenters. The van der Waals surface area contributed by atoms with Crippen LogP contribution in [0.25, 0.3) is 0 Å². The summed E-state index contributed by atoms with van der Waals surface area (Å²) in [5, 5.41) is 9.49. The van der Waals surface area contributed by atoms with Gasteiger partial charge in [0.1, 0.15) is 0 Å². The first kappa shape index (κ1) is 14.2. The second kappa shape index (κ2) is 5.04. The molecule has 0 fully saturated rings. The number of alkyl halides is 3. The Kier molecular flexibility index (Phi) is 3.76. The van der Waals surface area contributed by atoms with Gasteiger partial charge in [-0.3, -0.25) is 0 Å². The molecule has 0 aromatic heterocycles. The van der Waals surface area contributed by atoms with Gasteiger partial charge < -0.3 is 10.0 Å². The van der Waals surface area contributed by atoms with Gasteiger partial charge in [-0.25, -0.2) is 0 Å². The van der Waals surface area contributed by atoms with Crippen molar-refractivity contribution in [3.05, 3.63) is 29.3 Å². The number of aliphatic hydroxyl groups excluding tert-OH is 1. The second-order valence-electron chi connectivity index (χ2n) is 5.03. The van der Waals surface area contributed by atoms with E-state index in [0.717, 1.165) is 6.07 Å². The Morgan fingerprint density at radius 3 is 2.63 bits per heavy atom. The number of fused-ring (bicyclic) bond motifs is 1. The van der Waals surface area contributed by atoms with Crippen LogP contribution in [0.5, 0.6) is 0 Å². The molecule has 0 saturated heterocycles. The third-order valence-electron chi connectivity index (χ3n) is 3.60. The Bertz CT molecular complexity index is 456. The van der Waals surface area contributed by atoms with E-state index in [9.17, 15) is 18.3 Å². The average Bonchev–Trinajstić information content (AvgIpc) is 2.63. The van der Waals surface area contributed by atoms with Gasteiger partial charge in [0, 0.05) is 18.3 Å². The molecule has 0 bridgehead atoms. The first-order chi connectivity index (χ1) is 8.84. The normalized spacial score (nSPS) is 20.5. The van der Waals surface area contributed by atoms with E-state index in [4.69, 9.17) is 0 Å². The Morgan fingerprint density at radius 2 is 2.11 bits per heavy atom. The van der Waals surface area contributed by atoms with Crippen molar-refractivity contribution in [2.75, 3.05) is 11.4 Å². The van der Waals surface area contributed by atoms with Crippen molar-refractivity contribution in [3.63, 3.8) is 0 Å². The van der Waals surface area contributed by atoms with Gasteiger partial charge in [-0.15, -0.1) is 0 Å². The maximum absolute atomic E-state index is 13.0. The van der Waals surface area contributed by atoms with Crippen molar-refractivity contribution in [3.8, 4) is 0 Å². The molecule has 1 aromatic carbocycles. The quantitative estimate of drug-likeness (QED) is 0.914. The molecule has 0 radical (unpaired) electrons. The van der Waals surface area contributed by atoms with Crippen LogP contribution in [0.3, 0.4) is 0 Å². The molecule has 5 heteroatoms. The van der Waals surface area contributed by atoms with E-state index < -0.39 is 17.8 Å². The molecule has 0 aliphatic carbocycles. The highest BCUT2D eigenvalue weighted by Crippen LogP contribution is 2.42. The number of nitrogens with zero attached hydrogens (tertiary/aromatic N) is 1. The van der Waals surface area contributed by atoms with Gasteiger partial charge in [0.2, 0.25) is 0 Å². The molecule has 106 valence electrons. The molecule has 1 aliphatic rings. The third-order valence-corrected chi connectivity index (χ3v) is 3.60. The minimum absolute atomic E-state index is 0.0523. The predicted molar refractivity (Wildman–Crippen MR) is 68.3 cm³/mol. The molecular formula is C14H18F3NO. The first-order valence-corrected chi connectivity index (χ1v) is 6.48. The minimum atomic E-state index is -4.32. The number of halogens is 3. The van der Waals surface area contributed by atoms with Crippen molar-refractivity contribution in [2.24, 2.45) is 0 Å². The van der Waals surface area contributed by atoms with Crippen LogP contribution in [0.1, 0.15) is 31.4 Å². The SMILES string of the molecule is CCN1c2cccc(C(F)(F)F)c2CC1CC(C)O. The number of rotatable bonds is 3. The first-order valence-electron chi connectivity index (χ1n) is 6.48. The van der Waals surface area contributed by atoms with Gasteiger partial charge in [0.05, 0.1) is 11.7 Å². The predicted octanol–water partition coefficient (Wildman–Crippen LogP) is 3.23. The Hall–Kier alpha value is -1.23. The number of hydrogen-bond donors (Lipinski definition) is 1. The molecule has 1 heterocycles. The summed E-state index contributed by atoms with van der Waals surface area (Å²) in [6.45, 7) is 4.23. The highest BCUT2D eigenvalue weighted by Gasteiger charge is 2.39. The van der Waals surface area contributed by atoms with Gasteiger partial charge >= 0.3 is 6.18 Å². The largest absolute Gasteiger partial charge is 0.416 e. The average molecular weight is 273 g/mol. The molecule has 19 heavy (non-hydrogen) atoms. The van der Waals surface area contributed by atoms with Crippen LogP contribution in [0.15, 0.2) is 18.2 Å². The number of benzene rings is 1. The van der Waals surface area contributed by atoms with Crippen LogP contribution in [0.4, 0.5) is 18.9 Å². The van der Waals surface area contributed by atoms with Crippen LogP contribution >= 0.6 is 0 Å². The number of aliphatic hydroxyl groups is 1. The number of anilines is 1. The van der Waals surface area contributed by atoms with Crippen LogP contribution in [-0.2, 0) is 12.6 Å². The molecule has 2 nitrogen and oxygen atoms in total. The van der Waals surface area contributed by atoms with Crippen molar-refractivity contribution >= 4 is 5.69 Å². The molecule has 0 spiro atoms. The van der Waals surface area contributed by atoms with Crippen molar-refractivity contribution in [2.45, 2.75) is 45.0 Å². The summed E-state index contributed by atoms with van der Waals surface area (Å²) >= 11 is 0. The van der Waals surface area contributed by atoms with E-state index in [0.29, 0.717) is 30.6 Å². The molecule has 1 aromatic rings. The Labute approximate surface area is 110 Å². The molecule has 2 rings (SSSR count). The monoisotopic (exact) mass is 273 g/mol. The lowest BCUT2D eigenvalue weighted by atomic mass is 10.0. The van der Waals surface area contributed by atoms with Crippen LogP contribution in [0.2, 0.25) is 0 Å². The Balaban J connectivity index is 2.40. The Morgan fingerprint density at radius 1 is 1.42 bits per heavy atom. The topological polar surface area (TPSA) is 23.5 Å². The summed E-state index contributed by atoms with van der Waals surface area (Å²) in [6.07, 6.45) is -3.99. The van der Waals surface area contributed by atoms with Crippen LogP contribution in [-0.4, -0.2) is 23.8 Å². The van der Waals surface area contributed by atoms with Crippen molar-refractivity contribution in [1.29, 1.82) is 0 Å².